The first-order valence-corrected chi connectivity index (χ1v) is 14.3. The Labute approximate surface area is 217 Å². The molecule has 0 amide bonds. The Kier molecular flexibility index (Phi) is 17.1. The van der Waals surface area contributed by atoms with Crippen molar-refractivity contribution in [3.05, 3.63) is 29.8 Å². The summed E-state index contributed by atoms with van der Waals surface area (Å²) in [6, 6.07) is 5.69. The zero-order valence-electron chi connectivity index (χ0n) is 18.9. The molecule has 0 aliphatic carbocycles. The van der Waals surface area contributed by atoms with Gasteiger partial charge in [-0.05, 0) is 30.5 Å². The summed E-state index contributed by atoms with van der Waals surface area (Å²) >= 11 is 6.23. The van der Waals surface area contributed by atoms with Gasteiger partial charge in [0.05, 0.1) is 9.72 Å². The summed E-state index contributed by atoms with van der Waals surface area (Å²) in [5.74, 6) is -2.42. The highest BCUT2D eigenvalue weighted by Gasteiger charge is 2.24. The predicted octanol–water partition coefficient (Wildman–Crippen LogP) is 5.06. The number of unbranched alkanes of at least 4 members (excludes halogenated alkanes) is 8. The molecule has 2 unspecified atom stereocenters. The molecule has 0 aromatic heterocycles. The van der Waals surface area contributed by atoms with Gasteiger partial charge in [-0.25, -0.2) is 13.6 Å². The number of carboxylic acids is 3. The highest BCUT2D eigenvalue weighted by molar-refractivity contribution is 9.12. The standard InChI is InChI=1S/C13H24O4.C9H9Br2NO4S/c14-12(15)10-8-6-4-2-1-3-5-7-9-11-13(16)17;10-7(8(11)9(13)14)5-1-3-6(4-2-5)17(12,15)16/h1-11H2,(H,14,15)(H,16,17);1-4,7-8H,(H,13,14)(H2,12,15,16). The van der Waals surface area contributed by atoms with Crippen LogP contribution in [0.25, 0.3) is 0 Å². The number of sulfonamides is 1. The lowest BCUT2D eigenvalue weighted by molar-refractivity contribution is -0.138. The van der Waals surface area contributed by atoms with Crippen LogP contribution >= 0.6 is 31.9 Å². The van der Waals surface area contributed by atoms with Crippen molar-refractivity contribution in [2.75, 3.05) is 0 Å². The quantitative estimate of drug-likeness (QED) is 0.145. The largest absolute Gasteiger partial charge is 0.481 e. The van der Waals surface area contributed by atoms with Crippen LogP contribution < -0.4 is 5.14 Å². The van der Waals surface area contributed by atoms with Crippen molar-refractivity contribution < 1.29 is 38.1 Å². The van der Waals surface area contributed by atoms with Crippen LogP contribution in [0.5, 0.6) is 0 Å². The SMILES string of the molecule is NS(=O)(=O)c1ccc(C(Br)C(Br)C(=O)O)cc1.O=C(O)CCCCCCCCCCCC(=O)O. The Morgan fingerprint density at radius 2 is 1.09 bits per heavy atom. The molecule has 0 radical (unpaired) electrons. The van der Waals surface area contributed by atoms with Crippen LogP contribution in [-0.2, 0) is 24.4 Å². The predicted molar refractivity (Wildman–Crippen MR) is 136 cm³/mol. The van der Waals surface area contributed by atoms with Gasteiger partial charge in [0.2, 0.25) is 10.0 Å². The van der Waals surface area contributed by atoms with E-state index in [0.29, 0.717) is 5.56 Å². The lowest BCUT2D eigenvalue weighted by atomic mass is 10.1. The summed E-state index contributed by atoms with van der Waals surface area (Å²) < 4.78 is 22.0. The fourth-order valence-electron chi connectivity index (χ4n) is 2.93. The number of nitrogens with two attached hydrogens (primary N) is 1. The average Bonchev–Trinajstić information content (AvgIpc) is 2.76. The van der Waals surface area contributed by atoms with Crippen LogP contribution in [0.1, 0.15) is 81.0 Å². The zero-order valence-corrected chi connectivity index (χ0v) is 22.9. The van der Waals surface area contributed by atoms with Crippen LogP contribution in [0.15, 0.2) is 29.2 Å². The molecule has 0 fully saturated rings. The molecule has 0 aliphatic heterocycles. The van der Waals surface area contributed by atoms with Gasteiger partial charge >= 0.3 is 17.9 Å². The van der Waals surface area contributed by atoms with Crippen molar-refractivity contribution in [1.82, 2.24) is 0 Å². The van der Waals surface area contributed by atoms with E-state index in [9.17, 15) is 22.8 Å². The second-order valence-corrected chi connectivity index (χ2v) is 11.3. The Morgan fingerprint density at radius 1 is 0.735 bits per heavy atom. The van der Waals surface area contributed by atoms with E-state index in [-0.39, 0.29) is 17.7 Å². The summed E-state index contributed by atoms with van der Waals surface area (Å²) in [5.41, 5.74) is 0.640. The number of primary sulfonamides is 1. The van der Waals surface area contributed by atoms with E-state index in [2.05, 4.69) is 31.9 Å². The summed E-state index contributed by atoms with van der Waals surface area (Å²) in [5, 5.41) is 30.6. The smallest absolute Gasteiger partial charge is 0.318 e. The number of carbonyl (C=O) groups is 3. The van der Waals surface area contributed by atoms with Gasteiger partial charge in [-0.3, -0.25) is 14.4 Å². The zero-order chi connectivity index (χ0) is 26.1. The van der Waals surface area contributed by atoms with Crippen molar-refractivity contribution in [1.29, 1.82) is 0 Å². The topological polar surface area (TPSA) is 172 Å². The molecule has 34 heavy (non-hydrogen) atoms. The molecule has 0 saturated carbocycles. The van der Waals surface area contributed by atoms with E-state index in [1.807, 2.05) is 0 Å². The molecule has 5 N–H and O–H groups in total. The van der Waals surface area contributed by atoms with Gasteiger partial charge in [0, 0.05) is 12.8 Å². The van der Waals surface area contributed by atoms with Gasteiger partial charge in [0.25, 0.3) is 0 Å². The Bertz CT molecular complexity index is 840. The van der Waals surface area contributed by atoms with E-state index in [0.717, 1.165) is 38.5 Å². The van der Waals surface area contributed by atoms with Gasteiger partial charge in [-0.2, -0.15) is 0 Å². The molecule has 12 heteroatoms. The van der Waals surface area contributed by atoms with Crippen LogP contribution in [0, 0.1) is 0 Å². The maximum atomic E-state index is 11.0. The van der Waals surface area contributed by atoms with Gasteiger partial charge in [-0.1, -0.05) is 88.9 Å². The first-order chi connectivity index (χ1) is 15.9. The lowest BCUT2D eigenvalue weighted by Crippen LogP contribution is -2.18. The minimum atomic E-state index is -3.73. The van der Waals surface area contributed by atoms with Crippen molar-refractivity contribution in [2.24, 2.45) is 5.14 Å². The Balaban J connectivity index is 0.000000641. The molecular weight excluding hydrogens is 598 g/mol. The molecule has 2 atom stereocenters. The van der Waals surface area contributed by atoms with Crippen molar-refractivity contribution in [3.63, 3.8) is 0 Å². The van der Waals surface area contributed by atoms with Gasteiger partial charge in [-0.15, -0.1) is 0 Å². The van der Waals surface area contributed by atoms with Gasteiger partial charge in [0.1, 0.15) is 4.83 Å². The second-order valence-electron chi connectivity index (χ2n) is 7.73. The molecule has 0 spiro atoms. The maximum Gasteiger partial charge on any atom is 0.318 e. The third-order valence-electron chi connectivity index (χ3n) is 4.80. The molecule has 0 aliphatic rings. The number of benzene rings is 1. The molecule has 194 valence electrons. The third-order valence-corrected chi connectivity index (χ3v) is 8.42. The summed E-state index contributed by atoms with van der Waals surface area (Å²) in [4.78, 5) is 30.0. The molecule has 1 rings (SSSR count). The van der Waals surface area contributed by atoms with E-state index in [1.54, 1.807) is 0 Å². The number of hydrogen-bond donors (Lipinski definition) is 4. The highest BCUT2D eigenvalue weighted by atomic mass is 79.9. The fraction of sp³-hybridized carbons (Fsp3) is 0.591. The van der Waals surface area contributed by atoms with Crippen molar-refractivity contribution in [3.8, 4) is 0 Å². The molecule has 0 saturated heterocycles. The van der Waals surface area contributed by atoms with Crippen molar-refractivity contribution >= 4 is 59.8 Å². The normalized spacial score (nSPS) is 12.8. The van der Waals surface area contributed by atoms with Crippen LogP contribution in [0.2, 0.25) is 0 Å². The summed E-state index contributed by atoms with van der Waals surface area (Å²) in [7, 11) is -3.73. The summed E-state index contributed by atoms with van der Waals surface area (Å²) in [6.07, 6.45) is 9.89. The number of hydrogen-bond acceptors (Lipinski definition) is 5. The number of carboxylic acid groups (broad SMARTS) is 3. The first-order valence-electron chi connectivity index (χ1n) is 10.9. The second kappa shape index (κ2) is 17.9. The number of aliphatic carboxylic acids is 3. The average molecular weight is 631 g/mol. The Hall–Kier alpha value is -1.50. The number of alkyl halides is 2. The van der Waals surface area contributed by atoms with E-state index in [4.69, 9.17) is 20.5 Å². The number of rotatable bonds is 16. The minimum absolute atomic E-state index is 0.0117. The molecule has 0 bridgehead atoms. The van der Waals surface area contributed by atoms with E-state index in [1.165, 1.54) is 43.5 Å². The molecule has 1 aromatic carbocycles. The highest BCUT2D eigenvalue weighted by Crippen LogP contribution is 2.31. The molecule has 1 aromatic rings. The number of halogens is 2. The van der Waals surface area contributed by atoms with E-state index < -0.39 is 37.6 Å². The minimum Gasteiger partial charge on any atom is -0.481 e. The molecule has 0 heterocycles. The van der Waals surface area contributed by atoms with Gasteiger partial charge in [0.15, 0.2) is 0 Å². The lowest BCUT2D eigenvalue weighted by Gasteiger charge is -2.13. The van der Waals surface area contributed by atoms with Crippen LogP contribution in [-0.4, -0.2) is 46.5 Å². The fourth-order valence-corrected chi connectivity index (χ4v) is 4.28. The Morgan fingerprint density at radius 3 is 1.38 bits per heavy atom. The molecule has 9 nitrogen and oxygen atoms in total. The third kappa shape index (κ3) is 16.2. The summed E-state index contributed by atoms with van der Waals surface area (Å²) in [6.45, 7) is 0. The monoisotopic (exact) mass is 629 g/mol. The van der Waals surface area contributed by atoms with E-state index >= 15 is 0 Å². The van der Waals surface area contributed by atoms with Crippen molar-refractivity contribution in [2.45, 2.75) is 85.2 Å². The first kappa shape index (κ1) is 32.5. The van der Waals surface area contributed by atoms with Crippen LogP contribution in [0.4, 0.5) is 0 Å². The maximum absolute atomic E-state index is 11.0. The van der Waals surface area contributed by atoms with Crippen LogP contribution in [0.3, 0.4) is 0 Å². The molecular formula is C22H33Br2NO8S. The van der Waals surface area contributed by atoms with Gasteiger partial charge < -0.3 is 15.3 Å².